The van der Waals surface area contributed by atoms with E-state index in [1.165, 1.54) is 0 Å². The Labute approximate surface area is 119 Å². The van der Waals surface area contributed by atoms with Crippen molar-refractivity contribution in [3.63, 3.8) is 0 Å². The molecule has 4 N–H and O–H groups in total. The maximum atomic E-state index is 12.0. The van der Waals surface area contributed by atoms with E-state index < -0.39 is 6.04 Å². The monoisotopic (exact) mass is 277 g/mol. The number of benzene rings is 1. The molecule has 0 bridgehead atoms. The van der Waals surface area contributed by atoms with E-state index in [0.29, 0.717) is 17.8 Å². The van der Waals surface area contributed by atoms with Gasteiger partial charge in [-0.3, -0.25) is 9.59 Å². The van der Waals surface area contributed by atoms with Crippen LogP contribution >= 0.6 is 0 Å². The number of nitrogens with two attached hydrogens (primary N) is 1. The van der Waals surface area contributed by atoms with Gasteiger partial charge in [-0.2, -0.15) is 0 Å². The quantitative estimate of drug-likeness (QED) is 0.789. The molecule has 110 valence electrons. The van der Waals surface area contributed by atoms with Gasteiger partial charge in [-0.05, 0) is 29.7 Å². The van der Waals surface area contributed by atoms with Gasteiger partial charge in [-0.15, -0.1) is 0 Å². The first-order chi connectivity index (χ1) is 9.24. The zero-order valence-electron chi connectivity index (χ0n) is 12.5. The van der Waals surface area contributed by atoms with Crippen LogP contribution in [-0.4, -0.2) is 17.9 Å². The van der Waals surface area contributed by atoms with Crippen molar-refractivity contribution >= 4 is 23.2 Å². The van der Waals surface area contributed by atoms with Crippen LogP contribution in [0.3, 0.4) is 0 Å². The minimum Gasteiger partial charge on any atom is -0.326 e. The predicted octanol–water partition coefficient (Wildman–Crippen LogP) is 2.35. The van der Waals surface area contributed by atoms with Gasteiger partial charge in [-0.1, -0.05) is 27.7 Å². The van der Waals surface area contributed by atoms with Crippen molar-refractivity contribution in [1.29, 1.82) is 0 Å². The molecule has 0 saturated carbocycles. The van der Waals surface area contributed by atoms with Gasteiger partial charge in [0.25, 0.3) is 0 Å². The van der Waals surface area contributed by atoms with Gasteiger partial charge >= 0.3 is 0 Å². The SMILES string of the molecule is CCC(=O)Nc1ccc(NC(=O)[C@H](N)C(C)(C)C)cc1. The van der Waals surface area contributed by atoms with Crippen LogP contribution in [-0.2, 0) is 9.59 Å². The molecular formula is C15H23N3O2. The highest BCUT2D eigenvalue weighted by Gasteiger charge is 2.27. The number of anilines is 2. The molecule has 1 aromatic carbocycles. The lowest BCUT2D eigenvalue weighted by atomic mass is 9.87. The van der Waals surface area contributed by atoms with Crippen LogP contribution in [0.1, 0.15) is 34.1 Å². The number of carbonyl (C=O) groups is 2. The summed E-state index contributed by atoms with van der Waals surface area (Å²) >= 11 is 0. The molecule has 0 fully saturated rings. The van der Waals surface area contributed by atoms with Crippen LogP contribution in [0.5, 0.6) is 0 Å². The molecule has 0 aliphatic rings. The maximum Gasteiger partial charge on any atom is 0.241 e. The van der Waals surface area contributed by atoms with E-state index in [-0.39, 0.29) is 17.2 Å². The number of amides is 2. The Hall–Kier alpha value is -1.88. The Balaban J connectivity index is 2.66. The van der Waals surface area contributed by atoms with Crippen LogP contribution in [0.25, 0.3) is 0 Å². The molecule has 1 atom stereocenters. The van der Waals surface area contributed by atoms with Crippen LogP contribution < -0.4 is 16.4 Å². The van der Waals surface area contributed by atoms with Crippen molar-refractivity contribution < 1.29 is 9.59 Å². The molecule has 0 unspecified atom stereocenters. The number of rotatable bonds is 4. The summed E-state index contributed by atoms with van der Waals surface area (Å²) in [6, 6.07) is 6.37. The largest absolute Gasteiger partial charge is 0.326 e. The standard InChI is InChI=1S/C15H23N3O2/c1-5-12(19)17-10-6-8-11(9-7-10)18-14(20)13(16)15(2,3)4/h6-9,13H,5,16H2,1-4H3,(H,17,19)(H,18,20)/t13-/m0/s1. The Morgan fingerprint density at radius 3 is 1.95 bits per heavy atom. The number of carbonyl (C=O) groups excluding carboxylic acids is 2. The fourth-order valence-electron chi connectivity index (χ4n) is 1.50. The molecule has 0 heterocycles. The van der Waals surface area contributed by atoms with Gasteiger partial charge in [0, 0.05) is 17.8 Å². The Morgan fingerprint density at radius 2 is 1.55 bits per heavy atom. The molecule has 0 saturated heterocycles. The van der Waals surface area contributed by atoms with Gasteiger partial charge in [0.05, 0.1) is 6.04 Å². The minimum absolute atomic E-state index is 0.0449. The van der Waals surface area contributed by atoms with Crippen molar-refractivity contribution in [2.75, 3.05) is 10.6 Å². The van der Waals surface area contributed by atoms with Crippen molar-refractivity contribution in [3.05, 3.63) is 24.3 Å². The van der Waals surface area contributed by atoms with E-state index in [4.69, 9.17) is 5.73 Å². The van der Waals surface area contributed by atoms with E-state index in [1.807, 2.05) is 20.8 Å². The van der Waals surface area contributed by atoms with E-state index in [1.54, 1.807) is 31.2 Å². The third kappa shape index (κ3) is 4.66. The molecule has 1 aromatic rings. The van der Waals surface area contributed by atoms with Gasteiger partial charge in [0.2, 0.25) is 11.8 Å². The van der Waals surface area contributed by atoms with Crippen molar-refractivity contribution in [2.45, 2.75) is 40.2 Å². The summed E-state index contributed by atoms with van der Waals surface area (Å²) in [6.45, 7) is 7.54. The maximum absolute atomic E-state index is 12.0. The number of hydrogen-bond donors (Lipinski definition) is 3. The van der Waals surface area contributed by atoms with E-state index in [9.17, 15) is 9.59 Å². The normalized spacial score (nSPS) is 12.7. The first-order valence-electron chi connectivity index (χ1n) is 6.70. The summed E-state index contributed by atoms with van der Waals surface area (Å²) in [5.41, 5.74) is 6.95. The Bertz CT molecular complexity index is 475. The number of hydrogen-bond acceptors (Lipinski definition) is 3. The third-order valence-corrected chi connectivity index (χ3v) is 2.97. The average molecular weight is 277 g/mol. The molecular weight excluding hydrogens is 254 g/mol. The zero-order valence-corrected chi connectivity index (χ0v) is 12.5. The second-order valence-corrected chi connectivity index (χ2v) is 5.81. The fourth-order valence-corrected chi connectivity index (χ4v) is 1.50. The van der Waals surface area contributed by atoms with E-state index >= 15 is 0 Å². The predicted molar refractivity (Wildman–Crippen MR) is 81.4 cm³/mol. The highest BCUT2D eigenvalue weighted by molar-refractivity contribution is 5.95. The molecule has 0 radical (unpaired) electrons. The van der Waals surface area contributed by atoms with Gasteiger partial charge in [0.1, 0.15) is 0 Å². The van der Waals surface area contributed by atoms with Crippen LogP contribution in [0.2, 0.25) is 0 Å². The van der Waals surface area contributed by atoms with Crippen molar-refractivity contribution in [3.8, 4) is 0 Å². The molecule has 2 amide bonds. The van der Waals surface area contributed by atoms with Gasteiger partial charge in [0.15, 0.2) is 0 Å². The lowest BCUT2D eigenvalue weighted by Crippen LogP contribution is -2.45. The molecule has 0 aliphatic carbocycles. The van der Waals surface area contributed by atoms with Crippen LogP contribution in [0, 0.1) is 5.41 Å². The van der Waals surface area contributed by atoms with Crippen LogP contribution in [0.15, 0.2) is 24.3 Å². The third-order valence-electron chi connectivity index (χ3n) is 2.97. The topological polar surface area (TPSA) is 84.2 Å². The summed E-state index contributed by atoms with van der Waals surface area (Å²) < 4.78 is 0. The molecule has 20 heavy (non-hydrogen) atoms. The number of nitrogens with one attached hydrogen (secondary N) is 2. The molecule has 5 nitrogen and oxygen atoms in total. The van der Waals surface area contributed by atoms with Crippen molar-refractivity contribution in [2.24, 2.45) is 11.1 Å². The summed E-state index contributed by atoms with van der Waals surface area (Å²) in [6.07, 6.45) is 0.429. The first-order valence-corrected chi connectivity index (χ1v) is 6.70. The second-order valence-electron chi connectivity index (χ2n) is 5.81. The van der Waals surface area contributed by atoms with E-state index in [0.717, 1.165) is 0 Å². The lowest BCUT2D eigenvalue weighted by Gasteiger charge is -2.25. The van der Waals surface area contributed by atoms with Gasteiger partial charge < -0.3 is 16.4 Å². The van der Waals surface area contributed by atoms with E-state index in [2.05, 4.69) is 10.6 Å². The highest BCUT2D eigenvalue weighted by Crippen LogP contribution is 2.19. The summed E-state index contributed by atoms with van der Waals surface area (Å²) in [5.74, 6) is -0.264. The van der Waals surface area contributed by atoms with Crippen molar-refractivity contribution in [1.82, 2.24) is 0 Å². The summed E-state index contributed by atoms with van der Waals surface area (Å²) in [7, 11) is 0. The average Bonchev–Trinajstić information content (AvgIpc) is 2.38. The second kappa shape index (κ2) is 6.52. The molecule has 5 heteroatoms. The lowest BCUT2D eigenvalue weighted by molar-refractivity contribution is -0.119. The first kappa shape index (κ1) is 16.2. The minimum atomic E-state index is -0.582. The highest BCUT2D eigenvalue weighted by atomic mass is 16.2. The summed E-state index contributed by atoms with van der Waals surface area (Å²) in [4.78, 5) is 23.2. The molecule has 0 aliphatic heterocycles. The van der Waals surface area contributed by atoms with Gasteiger partial charge in [-0.25, -0.2) is 0 Å². The Morgan fingerprint density at radius 1 is 1.10 bits per heavy atom. The zero-order chi connectivity index (χ0) is 15.3. The van der Waals surface area contributed by atoms with Crippen LogP contribution in [0.4, 0.5) is 11.4 Å². The molecule has 1 rings (SSSR count). The Kier molecular flexibility index (Phi) is 5.27. The smallest absolute Gasteiger partial charge is 0.241 e. The fraction of sp³-hybridized carbons (Fsp3) is 0.467. The molecule has 0 aromatic heterocycles. The summed E-state index contributed by atoms with van der Waals surface area (Å²) in [5, 5.41) is 5.51. The molecule has 0 spiro atoms.